The summed E-state index contributed by atoms with van der Waals surface area (Å²) in [6, 6.07) is 11.8. The predicted octanol–water partition coefficient (Wildman–Crippen LogP) is 5.45. The number of carbonyl (C=O) groups excluding carboxylic acids is 2. The molecule has 1 N–H and O–H groups in total. The van der Waals surface area contributed by atoms with Crippen LogP contribution in [0.4, 0.5) is 13.2 Å². The van der Waals surface area contributed by atoms with Crippen molar-refractivity contribution in [1.82, 2.24) is 14.8 Å². The van der Waals surface area contributed by atoms with Crippen LogP contribution in [-0.2, 0) is 6.18 Å². The van der Waals surface area contributed by atoms with Crippen molar-refractivity contribution in [2.45, 2.75) is 43.9 Å². The highest BCUT2D eigenvalue weighted by atomic mass is 32.1. The number of alkyl halides is 3. The Hall–Kier alpha value is -3.24. The van der Waals surface area contributed by atoms with Crippen molar-refractivity contribution in [2.75, 3.05) is 26.2 Å². The van der Waals surface area contributed by atoms with Crippen molar-refractivity contribution in [1.29, 1.82) is 0 Å². The number of piperidine rings is 2. The van der Waals surface area contributed by atoms with E-state index in [2.05, 4.69) is 4.98 Å². The van der Waals surface area contributed by atoms with E-state index in [4.69, 9.17) is 0 Å². The van der Waals surface area contributed by atoms with Gasteiger partial charge >= 0.3 is 6.18 Å². The van der Waals surface area contributed by atoms with Gasteiger partial charge in [0.2, 0.25) is 0 Å². The normalized spacial score (nSPS) is 19.0. The lowest BCUT2D eigenvalue weighted by molar-refractivity contribution is -0.137. The molecule has 2 aromatic carbocycles. The van der Waals surface area contributed by atoms with Gasteiger partial charge < -0.3 is 14.9 Å². The fourth-order valence-electron chi connectivity index (χ4n) is 5.13. The molecule has 2 fully saturated rings. The van der Waals surface area contributed by atoms with Gasteiger partial charge in [0.05, 0.1) is 16.7 Å². The average Bonchev–Trinajstić information content (AvgIpc) is 3.42. The number of halogens is 3. The fourth-order valence-corrected chi connectivity index (χ4v) is 6.10. The van der Waals surface area contributed by atoms with Crippen LogP contribution < -0.4 is 0 Å². The Balaban J connectivity index is 1.24. The lowest BCUT2D eigenvalue weighted by Gasteiger charge is -2.31. The van der Waals surface area contributed by atoms with Gasteiger partial charge in [0.1, 0.15) is 5.69 Å². The first-order valence-electron chi connectivity index (χ1n) is 12.7. The second-order valence-electron chi connectivity index (χ2n) is 9.81. The first-order chi connectivity index (χ1) is 18.2. The number of hydrogen-bond donors (Lipinski definition) is 1. The van der Waals surface area contributed by atoms with Crippen LogP contribution in [0.25, 0.3) is 11.1 Å². The van der Waals surface area contributed by atoms with Gasteiger partial charge in [-0.25, -0.2) is 4.98 Å². The van der Waals surface area contributed by atoms with Gasteiger partial charge in [-0.15, -0.1) is 11.3 Å². The summed E-state index contributed by atoms with van der Waals surface area (Å²) in [5, 5.41) is 12.5. The van der Waals surface area contributed by atoms with Gasteiger partial charge in [0, 0.05) is 43.0 Å². The molecule has 2 aliphatic heterocycles. The average molecular weight is 544 g/mol. The molecule has 0 spiro atoms. The molecule has 38 heavy (non-hydrogen) atoms. The third-order valence-electron chi connectivity index (χ3n) is 7.24. The maximum absolute atomic E-state index is 13.4. The molecule has 0 saturated carbocycles. The fraction of sp³-hybridized carbons (Fsp3) is 0.393. The number of nitrogens with zero attached hydrogens (tertiary/aromatic N) is 3. The van der Waals surface area contributed by atoms with Crippen molar-refractivity contribution < 1.29 is 27.9 Å². The Labute approximate surface area is 222 Å². The summed E-state index contributed by atoms with van der Waals surface area (Å²) in [6.07, 6.45) is -2.01. The number of aromatic nitrogens is 1. The summed E-state index contributed by atoms with van der Waals surface area (Å²) in [5.41, 5.74) is 1.28. The van der Waals surface area contributed by atoms with E-state index < -0.39 is 17.8 Å². The maximum Gasteiger partial charge on any atom is 0.416 e. The first kappa shape index (κ1) is 26.4. The molecular formula is C28H28F3N3O3S. The lowest BCUT2D eigenvalue weighted by Crippen LogP contribution is -2.42. The molecule has 2 saturated heterocycles. The van der Waals surface area contributed by atoms with E-state index in [-0.39, 0.29) is 17.7 Å². The number of carbonyl (C=O) groups is 2. The van der Waals surface area contributed by atoms with Crippen molar-refractivity contribution in [2.24, 2.45) is 0 Å². The summed E-state index contributed by atoms with van der Waals surface area (Å²) in [5.74, 6) is -0.168. The van der Waals surface area contributed by atoms with E-state index in [1.165, 1.54) is 23.5 Å². The van der Waals surface area contributed by atoms with Gasteiger partial charge in [-0.3, -0.25) is 9.59 Å². The van der Waals surface area contributed by atoms with E-state index in [1.54, 1.807) is 39.4 Å². The molecule has 6 nitrogen and oxygen atoms in total. The van der Waals surface area contributed by atoms with E-state index in [0.717, 1.165) is 23.6 Å². The van der Waals surface area contributed by atoms with Gasteiger partial charge in [-0.05, 0) is 55.0 Å². The van der Waals surface area contributed by atoms with E-state index in [0.29, 0.717) is 67.8 Å². The second-order valence-corrected chi connectivity index (χ2v) is 10.7. The van der Waals surface area contributed by atoms with Crippen LogP contribution in [0.3, 0.4) is 0 Å². The summed E-state index contributed by atoms with van der Waals surface area (Å²) >= 11 is 1.45. The largest absolute Gasteiger partial charge is 0.416 e. The van der Waals surface area contributed by atoms with Gasteiger partial charge in [0.25, 0.3) is 11.8 Å². The van der Waals surface area contributed by atoms with Crippen LogP contribution in [-0.4, -0.2) is 64.0 Å². The number of hydrogen-bond acceptors (Lipinski definition) is 5. The number of β-amino-alcohol motifs (C(OH)–C–C–N with tert-alkyl or cyclic N) is 1. The van der Waals surface area contributed by atoms with Crippen molar-refractivity contribution >= 4 is 23.2 Å². The lowest BCUT2D eigenvalue weighted by atomic mass is 9.94. The molecule has 1 aromatic heterocycles. The Morgan fingerprint density at radius 3 is 2.32 bits per heavy atom. The number of aliphatic hydroxyl groups excluding tert-OH is 1. The van der Waals surface area contributed by atoms with Gasteiger partial charge in [-0.2, -0.15) is 13.2 Å². The minimum absolute atomic E-state index is 0.141. The zero-order valence-corrected chi connectivity index (χ0v) is 21.5. The van der Waals surface area contributed by atoms with E-state index in [9.17, 15) is 27.9 Å². The molecule has 1 atom stereocenters. The first-order valence-corrected chi connectivity index (χ1v) is 13.6. The zero-order valence-electron chi connectivity index (χ0n) is 20.7. The maximum atomic E-state index is 13.4. The minimum atomic E-state index is -4.42. The Morgan fingerprint density at radius 2 is 1.63 bits per heavy atom. The quantitative estimate of drug-likeness (QED) is 0.475. The van der Waals surface area contributed by atoms with E-state index >= 15 is 0 Å². The monoisotopic (exact) mass is 543 g/mol. The van der Waals surface area contributed by atoms with Crippen molar-refractivity contribution in [3.05, 3.63) is 75.7 Å². The van der Waals surface area contributed by atoms with E-state index in [1.807, 2.05) is 0 Å². The van der Waals surface area contributed by atoms with Crippen molar-refractivity contribution in [3.8, 4) is 11.1 Å². The van der Waals surface area contributed by atoms with Crippen LogP contribution in [0.1, 0.15) is 63.0 Å². The predicted molar refractivity (Wildman–Crippen MR) is 138 cm³/mol. The Morgan fingerprint density at radius 1 is 0.921 bits per heavy atom. The third-order valence-corrected chi connectivity index (χ3v) is 8.24. The molecule has 3 aromatic rings. The summed E-state index contributed by atoms with van der Waals surface area (Å²) in [6.45, 7) is 2.00. The molecule has 1 unspecified atom stereocenters. The third kappa shape index (κ3) is 5.61. The Bertz CT molecular complexity index is 1300. The smallest absolute Gasteiger partial charge is 0.391 e. The summed E-state index contributed by atoms with van der Waals surface area (Å²) < 4.78 is 38.9. The molecule has 0 radical (unpaired) electrons. The highest BCUT2D eigenvalue weighted by Gasteiger charge is 2.31. The second kappa shape index (κ2) is 10.9. The number of amides is 2. The van der Waals surface area contributed by atoms with Crippen LogP contribution >= 0.6 is 11.3 Å². The number of aliphatic hydroxyl groups is 1. The highest BCUT2D eigenvalue weighted by Crippen LogP contribution is 2.34. The van der Waals surface area contributed by atoms with Crippen molar-refractivity contribution in [3.63, 3.8) is 0 Å². The Kier molecular flexibility index (Phi) is 7.54. The van der Waals surface area contributed by atoms with Crippen LogP contribution in [0.2, 0.25) is 0 Å². The highest BCUT2D eigenvalue weighted by molar-refractivity contribution is 7.09. The molecule has 2 amide bonds. The van der Waals surface area contributed by atoms with Gasteiger partial charge in [0.15, 0.2) is 0 Å². The zero-order chi connectivity index (χ0) is 26.9. The molecule has 0 aliphatic carbocycles. The standard InChI is InChI=1S/C28H28F3N3O3S/c29-28(30,31)20-9-7-18(8-10-20)22-5-1-2-6-23(22)26(36)33-14-11-19(12-15-33)25-32-24(17-38-25)27(37)34-13-3-4-21(35)16-34/h1-2,5-10,17,19,21,35H,3-4,11-16H2. The molecular weight excluding hydrogens is 515 g/mol. The number of likely N-dealkylation sites (tertiary alicyclic amines) is 2. The number of rotatable bonds is 4. The van der Waals surface area contributed by atoms with Crippen LogP contribution in [0.15, 0.2) is 53.9 Å². The molecule has 5 rings (SSSR count). The minimum Gasteiger partial charge on any atom is -0.391 e. The van der Waals surface area contributed by atoms with Crippen LogP contribution in [0, 0.1) is 0 Å². The molecule has 3 heterocycles. The SMILES string of the molecule is O=C(c1csc(C2CCN(C(=O)c3ccccc3-c3ccc(C(F)(F)F)cc3)CC2)n1)N1CCCC(O)C1. The summed E-state index contributed by atoms with van der Waals surface area (Å²) in [4.78, 5) is 34.3. The number of thiazole rings is 1. The number of benzene rings is 2. The molecule has 0 bridgehead atoms. The molecule has 200 valence electrons. The molecule has 10 heteroatoms. The van der Waals surface area contributed by atoms with Crippen LogP contribution in [0.5, 0.6) is 0 Å². The summed E-state index contributed by atoms with van der Waals surface area (Å²) in [7, 11) is 0. The topological polar surface area (TPSA) is 73.7 Å². The molecule has 2 aliphatic rings. The van der Waals surface area contributed by atoms with Gasteiger partial charge in [-0.1, -0.05) is 30.3 Å².